The molecule has 2 atom stereocenters. The summed E-state index contributed by atoms with van der Waals surface area (Å²) >= 11 is 3.53. The highest BCUT2D eigenvalue weighted by atomic mass is 79.9. The summed E-state index contributed by atoms with van der Waals surface area (Å²) in [7, 11) is 0. The molecule has 0 spiro atoms. The first-order valence-corrected chi connectivity index (χ1v) is 9.40. The predicted octanol–water partition coefficient (Wildman–Crippen LogP) is 3.57. The number of carbonyl (C=O) groups excluding carboxylic acids is 1. The van der Waals surface area contributed by atoms with Gasteiger partial charge in [-0.05, 0) is 30.7 Å². The van der Waals surface area contributed by atoms with E-state index in [9.17, 15) is 4.79 Å². The maximum atomic E-state index is 12.5. The number of furan rings is 1. The lowest BCUT2D eigenvalue weighted by Crippen LogP contribution is -2.87. The molecule has 4 nitrogen and oxygen atoms in total. The highest BCUT2D eigenvalue weighted by Gasteiger charge is 2.22. The molecule has 0 unspecified atom stereocenters. The molecule has 0 saturated carbocycles. The van der Waals surface area contributed by atoms with E-state index in [1.165, 1.54) is 0 Å². The maximum absolute atomic E-state index is 12.5. The van der Waals surface area contributed by atoms with Crippen LogP contribution in [0.1, 0.15) is 35.9 Å². The van der Waals surface area contributed by atoms with E-state index in [0.29, 0.717) is 6.54 Å². The zero-order chi connectivity index (χ0) is 18.4. The Labute approximate surface area is 161 Å². The third-order valence-electron chi connectivity index (χ3n) is 4.30. The number of nitrogens with one attached hydrogen (secondary N) is 1. The van der Waals surface area contributed by atoms with Crippen LogP contribution in [0.5, 0.6) is 0 Å². The predicted molar refractivity (Wildman–Crippen MR) is 104 cm³/mol. The monoisotopic (exact) mass is 413 g/mol. The van der Waals surface area contributed by atoms with Gasteiger partial charge >= 0.3 is 0 Å². The molecule has 0 aliphatic carbocycles. The second kappa shape index (κ2) is 8.83. The highest BCUT2D eigenvalue weighted by molar-refractivity contribution is 9.10. The highest BCUT2D eigenvalue weighted by Crippen LogP contribution is 2.22. The average Bonchev–Trinajstić information content (AvgIpc) is 3.17. The van der Waals surface area contributed by atoms with Crippen LogP contribution in [0, 0.1) is 0 Å². The molecule has 26 heavy (non-hydrogen) atoms. The quantitative estimate of drug-likeness (QED) is 0.621. The van der Waals surface area contributed by atoms with E-state index in [-0.39, 0.29) is 18.0 Å². The summed E-state index contributed by atoms with van der Waals surface area (Å²) in [6.07, 6.45) is 1.66. The van der Waals surface area contributed by atoms with Gasteiger partial charge in [-0.1, -0.05) is 64.5 Å². The number of hydrogen-bond acceptors (Lipinski definition) is 2. The molecule has 0 aliphatic rings. The Hall–Kier alpha value is -2.37. The molecule has 0 aliphatic heterocycles. The number of halogens is 1. The van der Waals surface area contributed by atoms with Gasteiger partial charge in [0.1, 0.15) is 0 Å². The smallest absolute Gasteiger partial charge is 0.275 e. The van der Waals surface area contributed by atoms with Crippen LogP contribution < -0.4 is 10.6 Å². The van der Waals surface area contributed by atoms with Crippen LogP contribution in [0.25, 0.3) is 0 Å². The lowest BCUT2D eigenvalue weighted by atomic mass is 10.0. The molecule has 3 N–H and O–H groups in total. The summed E-state index contributed by atoms with van der Waals surface area (Å²) in [5.74, 6) is 0.823. The summed E-state index contributed by atoms with van der Waals surface area (Å²) < 4.78 is 6.57. The van der Waals surface area contributed by atoms with Crippen LogP contribution in [0.2, 0.25) is 0 Å². The minimum absolute atomic E-state index is 0.0132. The Bertz CT molecular complexity index is 834. The minimum atomic E-state index is -0.0646. The van der Waals surface area contributed by atoms with Crippen LogP contribution in [0.4, 0.5) is 0 Å². The number of quaternary nitrogens is 1. The first-order valence-electron chi connectivity index (χ1n) is 8.60. The number of rotatable bonds is 7. The summed E-state index contributed by atoms with van der Waals surface area (Å²) in [4.78, 5) is 12.5. The Balaban J connectivity index is 1.64. The van der Waals surface area contributed by atoms with Crippen LogP contribution in [0.3, 0.4) is 0 Å². The lowest BCUT2D eigenvalue weighted by Gasteiger charge is -2.17. The first-order chi connectivity index (χ1) is 12.6. The molecule has 0 bridgehead atoms. The Morgan fingerprint density at radius 3 is 2.50 bits per heavy atom. The maximum Gasteiger partial charge on any atom is 0.275 e. The van der Waals surface area contributed by atoms with Gasteiger partial charge in [-0.15, -0.1) is 0 Å². The van der Waals surface area contributed by atoms with Crippen molar-refractivity contribution in [2.24, 2.45) is 0 Å². The molecular formula is C21H22BrN2O2+. The molecule has 3 aromatic rings. The third-order valence-corrected chi connectivity index (χ3v) is 5.02. The van der Waals surface area contributed by atoms with E-state index in [1.807, 2.05) is 79.0 Å². The van der Waals surface area contributed by atoms with Crippen LogP contribution >= 0.6 is 15.9 Å². The largest absolute Gasteiger partial charge is 0.463 e. The SMILES string of the molecule is C[C@H](NC(=O)C[NH2+][C@@H](c1ccccc1)c1ccco1)c1ccccc1Br. The van der Waals surface area contributed by atoms with Crippen molar-refractivity contribution in [2.45, 2.75) is 19.0 Å². The van der Waals surface area contributed by atoms with Crippen LogP contribution in [-0.4, -0.2) is 12.5 Å². The number of amides is 1. The fourth-order valence-electron chi connectivity index (χ4n) is 2.97. The Morgan fingerprint density at radius 1 is 1.08 bits per heavy atom. The van der Waals surface area contributed by atoms with Gasteiger partial charge in [-0.2, -0.15) is 0 Å². The average molecular weight is 414 g/mol. The molecule has 1 amide bonds. The molecule has 1 aromatic heterocycles. The van der Waals surface area contributed by atoms with Crippen molar-refractivity contribution < 1.29 is 14.5 Å². The number of benzene rings is 2. The van der Waals surface area contributed by atoms with E-state index < -0.39 is 0 Å². The number of hydrogen-bond donors (Lipinski definition) is 2. The van der Waals surface area contributed by atoms with Crippen molar-refractivity contribution in [1.29, 1.82) is 0 Å². The first kappa shape index (κ1) is 18.4. The minimum Gasteiger partial charge on any atom is -0.463 e. The molecule has 2 aromatic carbocycles. The van der Waals surface area contributed by atoms with Gasteiger partial charge in [0.05, 0.1) is 12.3 Å². The van der Waals surface area contributed by atoms with Crippen molar-refractivity contribution in [1.82, 2.24) is 5.32 Å². The van der Waals surface area contributed by atoms with Crippen molar-refractivity contribution in [2.75, 3.05) is 6.54 Å². The van der Waals surface area contributed by atoms with Gasteiger partial charge in [0.15, 0.2) is 18.3 Å². The summed E-state index contributed by atoms with van der Waals surface area (Å²) in [5, 5.41) is 5.05. The summed E-state index contributed by atoms with van der Waals surface area (Å²) in [6, 6.07) is 21.7. The molecule has 5 heteroatoms. The Morgan fingerprint density at radius 2 is 1.81 bits per heavy atom. The zero-order valence-electron chi connectivity index (χ0n) is 14.6. The van der Waals surface area contributed by atoms with Gasteiger partial charge < -0.3 is 15.1 Å². The van der Waals surface area contributed by atoms with Crippen molar-refractivity contribution >= 4 is 21.8 Å². The number of nitrogens with two attached hydrogens (primary N) is 1. The van der Waals surface area contributed by atoms with Gasteiger partial charge in [0.25, 0.3) is 5.91 Å². The molecule has 0 radical (unpaired) electrons. The van der Waals surface area contributed by atoms with Crippen molar-refractivity contribution in [3.63, 3.8) is 0 Å². The van der Waals surface area contributed by atoms with Gasteiger partial charge in [-0.3, -0.25) is 4.79 Å². The topological polar surface area (TPSA) is 58.9 Å². The fraction of sp³-hybridized carbons (Fsp3) is 0.190. The van der Waals surface area contributed by atoms with Gasteiger partial charge in [0.2, 0.25) is 0 Å². The van der Waals surface area contributed by atoms with E-state index in [1.54, 1.807) is 6.26 Å². The second-order valence-corrected chi connectivity index (χ2v) is 7.01. The summed E-state index contributed by atoms with van der Waals surface area (Å²) in [6.45, 7) is 2.30. The van der Waals surface area contributed by atoms with Crippen LogP contribution in [0.15, 0.2) is 81.9 Å². The van der Waals surface area contributed by atoms with E-state index in [4.69, 9.17) is 4.42 Å². The third kappa shape index (κ3) is 4.62. The molecular weight excluding hydrogens is 392 g/mol. The standard InChI is InChI=1S/C21H21BrN2O2/c1-15(17-10-5-6-11-18(17)22)24-20(25)14-23-21(19-12-7-13-26-19)16-8-3-2-4-9-16/h2-13,15,21,23H,14H2,1H3,(H,24,25)/p+1/t15-,21-/m0/s1. The van der Waals surface area contributed by atoms with Crippen molar-refractivity contribution in [3.8, 4) is 0 Å². The molecule has 1 heterocycles. The van der Waals surface area contributed by atoms with Crippen LogP contribution in [-0.2, 0) is 4.79 Å². The normalized spacial score (nSPS) is 13.2. The lowest BCUT2D eigenvalue weighted by molar-refractivity contribution is -0.678. The second-order valence-electron chi connectivity index (χ2n) is 6.15. The molecule has 0 saturated heterocycles. The zero-order valence-corrected chi connectivity index (χ0v) is 16.1. The number of carbonyl (C=O) groups is 1. The van der Waals surface area contributed by atoms with Gasteiger partial charge in [-0.25, -0.2) is 0 Å². The molecule has 0 fully saturated rings. The van der Waals surface area contributed by atoms with Gasteiger partial charge in [0, 0.05) is 10.0 Å². The van der Waals surface area contributed by atoms with E-state index in [2.05, 4.69) is 21.2 Å². The fourth-order valence-corrected chi connectivity index (χ4v) is 3.60. The Kier molecular flexibility index (Phi) is 6.26. The van der Waals surface area contributed by atoms with E-state index >= 15 is 0 Å². The van der Waals surface area contributed by atoms with Crippen molar-refractivity contribution in [3.05, 3.63) is 94.4 Å². The summed E-state index contributed by atoms with van der Waals surface area (Å²) in [5.41, 5.74) is 2.17. The molecule has 134 valence electrons. The van der Waals surface area contributed by atoms with E-state index in [0.717, 1.165) is 21.4 Å². The molecule has 3 rings (SSSR count).